The Morgan fingerprint density at radius 1 is 1.12 bits per heavy atom. The van der Waals surface area contributed by atoms with Gasteiger partial charge in [-0.1, -0.05) is 41.0 Å². The van der Waals surface area contributed by atoms with Gasteiger partial charge in [-0.3, -0.25) is 4.79 Å². The van der Waals surface area contributed by atoms with Crippen LogP contribution in [0.4, 0.5) is 4.79 Å². The highest BCUT2D eigenvalue weighted by Crippen LogP contribution is 2.20. The summed E-state index contributed by atoms with van der Waals surface area (Å²) in [6.45, 7) is 10.6. The number of aliphatic carboxylic acids is 1. The van der Waals surface area contributed by atoms with Gasteiger partial charge in [0.1, 0.15) is 5.54 Å². The van der Waals surface area contributed by atoms with E-state index in [9.17, 15) is 19.5 Å². The Hall–Kier alpha value is -1.79. The van der Waals surface area contributed by atoms with Crippen molar-refractivity contribution in [3.63, 3.8) is 0 Å². The first-order valence-corrected chi connectivity index (χ1v) is 8.47. The predicted molar refractivity (Wildman–Crippen MR) is 89.4 cm³/mol. The second kappa shape index (κ2) is 10.2. The topological polar surface area (TPSA) is 102 Å². The largest absolute Gasteiger partial charge is 0.480 e. The van der Waals surface area contributed by atoms with Crippen molar-refractivity contribution in [3.05, 3.63) is 0 Å². The summed E-state index contributed by atoms with van der Waals surface area (Å²) in [6.07, 6.45) is 0.0843. The summed E-state index contributed by atoms with van der Waals surface area (Å²) in [7, 11) is 0. The van der Waals surface area contributed by atoms with E-state index in [0.717, 1.165) is 6.42 Å². The highest BCUT2D eigenvalue weighted by Gasteiger charge is 2.36. The molecule has 0 aliphatic rings. The molecule has 2 N–H and O–H groups in total. The lowest BCUT2D eigenvalue weighted by Crippen LogP contribution is -2.53. The molecule has 0 heterocycles. The van der Waals surface area contributed by atoms with Crippen LogP contribution in [0.2, 0.25) is 0 Å². The minimum absolute atomic E-state index is 0.163. The van der Waals surface area contributed by atoms with Crippen LogP contribution in [0.15, 0.2) is 0 Å². The molecule has 0 spiro atoms. The van der Waals surface area contributed by atoms with E-state index in [1.54, 1.807) is 20.8 Å². The maximum Gasteiger partial charge on any atom is 0.411 e. The van der Waals surface area contributed by atoms with E-state index in [4.69, 9.17) is 9.47 Å². The first-order valence-electron chi connectivity index (χ1n) is 8.47. The number of amides is 1. The molecule has 0 aromatic rings. The van der Waals surface area contributed by atoms with Crippen LogP contribution in [-0.2, 0) is 19.1 Å². The Kier molecular flexibility index (Phi) is 9.40. The average Bonchev–Trinajstić information content (AvgIpc) is 2.51. The monoisotopic (exact) mass is 345 g/mol. The number of ether oxygens (including phenoxy) is 2. The highest BCUT2D eigenvalue weighted by molar-refractivity contribution is 5.83. The molecule has 0 radical (unpaired) electrons. The van der Waals surface area contributed by atoms with Crippen molar-refractivity contribution in [2.24, 2.45) is 11.8 Å². The van der Waals surface area contributed by atoms with Crippen molar-refractivity contribution in [1.29, 1.82) is 0 Å². The minimum atomic E-state index is -1.43. The third-order valence-electron chi connectivity index (χ3n) is 3.99. The fraction of sp³-hybridized carbons (Fsp3) is 0.824. The van der Waals surface area contributed by atoms with E-state index in [0.29, 0.717) is 12.3 Å². The second-order valence-electron chi connectivity index (χ2n) is 6.68. The van der Waals surface area contributed by atoms with Gasteiger partial charge in [0.15, 0.2) is 0 Å². The third kappa shape index (κ3) is 7.66. The van der Waals surface area contributed by atoms with Crippen molar-refractivity contribution in [1.82, 2.24) is 5.32 Å². The van der Waals surface area contributed by atoms with Gasteiger partial charge < -0.3 is 19.9 Å². The standard InChI is InChI=1S/C17H31NO6/c1-7-12(5)9-10-17(6,15(20)21)18-16(22)24-14(11(3)4)23-13(19)8-2/h11-12,14H,7-10H2,1-6H3,(H,18,22)(H,20,21)/t12-,14-,17+/m1/s1. The van der Waals surface area contributed by atoms with E-state index < -0.39 is 29.9 Å². The normalized spacial score (nSPS) is 16.0. The third-order valence-corrected chi connectivity index (χ3v) is 3.99. The number of esters is 1. The van der Waals surface area contributed by atoms with Crippen LogP contribution in [-0.4, -0.2) is 35.0 Å². The van der Waals surface area contributed by atoms with Crippen LogP contribution in [0.3, 0.4) is 0 Å². The van der Waals surface area contributed by atoms with Gasteiger partial charge in [0.05, 0.1) is 0 Å². The zero-order chi connectivity index (χ0) is 18.9. The van der Waals surface area contributed by atoms with Gasteiger partial charge in [0.25, 0.3) is 6.29 Å². The van der Waals surface area contributed by atoms with Gasteiger partial charge in [0.2, 0.25) is 0 Å². The molecule has 7 heteroatoms. The van der Waals surface area contributed by atoms with Gasteiger partial charge in [-0.25, -0.2) is 9.59 Å². The van der Waals surface area contributed by atoms with Crippen molar-refractivity contribution >= 4 is 18.0 Å². The molecule has 140 valence electrons. The molecular weight excluding hydrogens is 314 g/mol. The molecule has 0 bridgehead atoms. The number of rotatable bonds is 10. The minimum Gasteiger partial charge on any atom is -0.480 e. The first-order chi connectivity index (χ1) is 11.1. The van der Waals surface area contributed by atoms with Crippen molar-refractivity contribution in [3.8, 4) is 0 Å². The van der Waals surface area contributed by atoms with Crippen molar-refractivity contribution < 1.29 is 29.0 Å². The summed E-state index contributed by atoms with van der Waals surface area (Å²) in [5.74, 6) is -1.51. The Bertz CT molecular complexity index is 437. The Labute approximate surface area is 144 Å². The summed E-state index contributed by atoms with van der Waals surface area (Å²) in [4.78, 5) is 35.0. The lowest BCUT2D eigenvalue weighted by atomic mass is 9.90. The smallest absolute Gasteiger partial charge is 0.411 e. The number of nitrogens with one attached hydrogen (secondary N) is 1. The number of hydrogen-bond donors (Lipinski definition) is 2. The first kappa shape index (κ1) is 22.2. The van der Waals surface area contributed by atoms with Gasteiger partial charge in [-0.2, -0.15) is 0 Å². The lowest BCUT2D eigenvalue weighted by Gasteiger charge is -2.28. The van der Waals surface area contributed by atoms with Gasteiger partial charge in [0, 0.05) is 12.3 Å². The van der Waals surface area contributed by atoms with E-state index in [-0.39, 0.29) is 18.8 Å². The van der Waals surface area contributed by atoms with E-state index in [1.807, 2.05) is 13.8 Å². The van der Waals surface area contributed by atoms with Crippen molar-refractivity contribution in [2.45, 2.75) is 79.1 Å². The fourth-order valence-corrected chi connectivity index (χ4v) is 1.83. The molecule has 24 heavy (non-hydrogen) atoms. The number of carbonyl (C=O) groups is 3. The van der Waals surface area contributed by atoms with Crippen LogP contribution in [0.5, 0.6) is 0 Å². The predicted octanol–water partition coefficient (Wildman–Crippen LogP) is 3.32. The molecule has 0 fully saturated rings. The highest BCUT2D eigenvalue weighted by atomic mass is 16.7. The van der Waals surface area contributed by atoms with Crippen molar-refractivity contribution in [2.75, 3.05) is 0 Å². The fourth-order valence-electron chi connectivity index (χ4n) is 1.83. The molecule has 7 nitrogen and oxygen atoms in total. The number of alkyl carbamates (subject to hydrolysis) is 1. The zero-order valence-corrected chi connectivity index (χ0v) is 15.5. The zero-order valence-electron chi connectivity index (χ0n) is 15.5. The molecule has 0 unspecified atom stereocenters. The van der Waals surface area contributed by atoms with Gasteiger partial charge in [-0.05, 0) is 25.7 Å². The molecule has 0 aromatic carbocycles. The van der Waals surface area contributed by atoms with Crippen LogP contribution >= 0.6 is 0 Å². The number of carbonyl (C=O) groups excluding carboxylic acids is 2. The van der Waals surface area contributed by atoms with E-state index in [1.165, 1.54) is 6.92 Å². The molecule has 1 amide bonds. The number of carboxylic acid groups (broad SMARTS) is 1. The van der Waals surface area contributed by atoms with E-state index in [2.05, 4.69) is 5.32 Å². The Morgan fingerprint density at radius 2 is 1.71 bits per heavy atom. The van der Waals surface area contributed by atoms with E-state index >= 15 is 0 Å². The summed E-state index contributed by atoms with van der Waals surface area (Å²) < 4.78 is 10.2. The molecule has 0 rings (SSSR count). The summed E-state index contributed by atoms with van der Waals surface area (Å²) in [5, 5.41) is 11.8. The number of carboxylic acids is 1. The molecule has 0 aromatic heterocycles. The van der Waals surface area contributed by atoms with Crippen LogP contribution in [0.1, 0.15) is 67.2 Å². The molecular formula is C17H31NO6. The second-order valence-corrected chi connectivity index (χ2v) is 6.68. The summed E-state index contributed by atoms with van der Waals surface area (Å²) in [6, 6.07) is 0. The number of hydrogen-bond acceptors (Lipinski definition) is 5. The quantitative estimate of drug-likeness (QED) is 0.465. The molecule has 0 saturated carbocycles. The molecule has 3 atom stereocenters. The summed E-state index contributed by atoms with van der Waals surface area (Å²) >= 11 is 0. The maximum absolute atomic E-state index is 12.1. The SMILES string of the molecule is CCC(=O)O[C@H](OC(=O)N[C@@](C)(CC[C@H](C)CC)C(=O)O)C(C)C. The van der Waals surface area contributed by atoms with Gasteiger partial charge >= 0.3 is 18.0 Å². The molecule has 0 saturated heterocycles. The van der Waals surface area contributed by atoms with Crippen LogP contribution in [0.25, 0.3) is 0 Å². The summed E-state index contributed by atoms with van der Waals surface area (Å²) in [5.41, 5.74) is -1.43. The average molecular weight is 345 g/mol. The maximum atomic E-state index is 12.1. The molecule has 0 aliphatic carbocycles. The Morgan fingerprint density at radius 3 is 2.12 bits per heavy atom. The van der Waals surface area contributed by atoms with Crippen LogP contribution in [0, 0.1) is 11.8 Å². The van der Waals surface area contributed by atoms with Crippen LogP contribution < -0.4 is 5.32 Å². The molecule has 0 aliphatic heterocycles. The lowest BCUT2D eigenvalue weighted by molar-refractivity contribution is -0.175. The van der Waals surface area contributed by atoms with Gasteiger partial charge in [-0.15, -0.1) is 0 Å². The Balaban J connectivity index is 4.86.